The Morgan fingerprint density at radius 3 is 1.40 bits per heavy atom. The Labute approximate surface area is 127 Å². The molecule has 4 heteroatoms. The molecule has 0 spiro atoms. The molecule has 0 rings (SSSR count). The smallest absolute Gasteiger partial charge is 0.250 e. The van der Waals surface area contributed by atoms with E-state index in [0.717, 1.165) is 6.42 Å². The molecular weight excluding hydrogens is 269 g/mol. The fourth-order valence-corrected chi connectivity index (χ4v) is 2.77. The predicted molar refractivity (Wildman–Crippen MR) is 89.6 cm³/mol. The van der Waals surface area contributed by atoms with Crippen molar-refractivity contribution >= 4 is 8.53 Å². The van der Waals surface area contributed by atoms with Gasteiger partial charge in [-0.1, -0.05) is 90.4 Å². The third-order valence-corrected chi connectivity index (χ3v) is 4.17. The molecule has 0 bridgehead atoms. The van der Waals surface area contributed by atoms with Crippen LogP contribution in [0.2, 0.25) is 0 Å². The van der Waals surface area contributed by atoms with Gasteiger partial charge in [0.25, 0.3) is 0 Å². The summed E-state index contributed by atoms with van der Waals surface area (Å²) in [5.41, 5.74) is 5.14. The van der Waals surface area contributed by atoms with Gasteiger partial charge in [-0.3, -0.25) is 5.50 Å². The molecule has 122 valence electrons. The quantitative estimate of drug-likeness (QED) is 0.286. The number of hydrogen-bond acceptors (Lipinski definition) is 3. The monoisotopic (exact) mass is 305 g/mol. The lowest BCUT2D eigenvalue weighted by atomic mass is 10.0. The van der Waals surface area contributed by atoms with E-state index < -0.39 is 8.53 Å². The van der Waals surface area contributed by atoms with Gasteiger partial charge in [0.15, 0.2) is 0 Å². The van der Waals surface area contributed by atoms with Crippen molar-refractivity contribution in [2.24, 2.45) is 5.50 Å². The minimum atomic E-state index is -1.64. The van der Waals surface area contributed by atoms with Gasteiger partial charge in [-0.25, -0.2) is 0 Å². The second kappa shape index (κ2) is 17.4. The highest BCUT2D eigenvalue weighted by Gasteiger charge is 1.96. The molecule has 3 nitrogen and oxygen atoms in total. The van der Waals surface area contributed by atoms with Crippen LogP contribution in [0, 0.1) is 0 Å². The summed E-state index contributed by atoms with van der Waals surface area (Å²) in [7, 11) is -1.64. The van der Waals surface area contributed by atoms with Crippen molar-refractivity contribution in [1.29, 1.82) is 0 Å². The number of rotatable bonds is 16. The van der Waals surface area contributed by atoms with Crippen molar-refractivity contribution < 1.29 is 9.42 Å². The van der Waals surface area contributed by atoms with E-state index in [1.54, 1.807) is 0 Å². The molecule has 0 aliphatic rings. The summed E-state index contributed by atoms with van der Waals surface area (Å²) >= 11 is 0. The third kappa shape index (κ3) is 18.3. The Bertz CT molecular complexity index is 180. The van der Waals surface area contributed by atoms with Gasteiger partial charge < -0.3 is 9.42 Å². The van der Waals surface area contributed by atoms with E-state index in [1.807, 2.05) is 0 Å². The number of unbranched alkanes of at least 4 members (excludes halogenated alkanes) is 13. The van der Waals surface area contributed by atoms with E-state index in [0.29, 0.717) is 6.61 Å². The highest BCUT2D eigenvalue weighted by Crippen LogP contribution is 2.20. The maximum Gasteiger partial charge on any atom is 0.250 e. The Balaban J connectivity index is 2.92. The van der Waals surface area contributed by atoms with Gasteiger partial charge in [0.2, 0.25) is 8.53 Å². The van der Waals surface area contributed by atoms with E-state index in [4.69, 9.17) is 14.9 Å². The van der Waals surface area contributed by atoms with Gasteiger partial charge in [0.05, 0.1) is 6.61 Å². The average molecular weight is 305 g/mol. The number of hydrogen-bond donors (Lipinski definition) is 2. The van der Waals surface area contributed by atoms with Crippen LogP contribution in [-0.2, 0) is 4.52 Å². The summed E-state index contributed by atoms with van der Waals surface area (Å²) in [5, 5.41) is 0. The van der Waals surface area contributed by atoms with E-state index in [1.165, 1.54) is 83.5 Å². The van der Waals surface area contributed by atoms with Crippen LogP contribution >= 0.6 is 8.53 Å². The van der Waals surface area contributed by atoms with E-state index in [2.05, 4.69) is 6.92 Å². The molecule has 0 saturated carbocycles. The third-order valence-electron chi connectivity index (χ3n) is 3.72. The fourth-order valence-electron chi connectivity index (χ4n) is 2.45. The zero-order valence-electron chi connectivity index (χ0n) is 13.5. The fraction of sp³-hybridized carbons (Fsp3) is 1.00. The van der Waals surface area contributed by atoms with Gasteiger partial charge in [0, 0.05) is 0 Å². The summed E-state index contributed by atoms with van der Waals surface area (Å²) in [5.74, 6) is 0. The Hall–Kier alpha value is 0.310. The molecule has 0 heterocycles. The van der Waals surface area contributed by atoms with E-state index >= 15 is 0 Å². The van der Waals surface area contributed by atoms with E-state index in [9.17, 15) is 0 Å². The minimum absolute atomic E-state index is 0.608. The SMILES string of the molecule is CCCCCCCCCCCCCCCCOP(N)O. The molecule has 0 fully saturated rings. The largest absolute Gasteiger partial charge is 0.338 e. The molecule has 3 N–H and O–H groups in total. The van der Waals surface area contributed by atoms with Crippen LogP contribution in [0.4, 0.5) is 0 Å². The van der Waals surface area contributed by atoms with Crippen LogP contribution in [0.15, 0.2) is 0 Å². The van der Waals surface area contributed by atoms with Crippen molar-refractivity contribution in [1.82, 2.24) is 0 Å². The van der Waals surface area contributed by atoms with Crippen LogP contribution in [0.1, 0.15) is 96.8 Å². The summed E-state index contributed by atoms with van der Waals surface area (Å²) in [6.45, 7) is 2.88. The first kappa shape index (κ1) is 20.3. The Morgan fingerprint density at radius 1 is 0.700 bits per heavy atom. The lowest BCUT2D eigenvalue weighted by Gasteiger charge is -2.05. The topological polar surface area (TPSA) is 55.5 Å². The van der Waals surface area contributed by atoms with Crippen LogP contribution in [-0.4, -0.2) is 11.5 Å². The van der Waals surface area contributed by atoms with Crippen molar-refractivity contribution in [2.45, 2.75) is 96.8 Å². The molecule has 0 saturated heterocycles. The molecule has 0 aliphatic heterocycles. The highest BCUT2D eigenvalue weighted by molar-refractivity contribution is 7.43. The van der Waals surface area contributed by atoms with E-state index in [-0.39, 0.29) is 0 Å². The molecule has 1 unspecified atom stereocenters. The van der Waals surface area contributed by atoms with Crippen molar-refractivity contribution in [3.8, 4) is 0 Å². The summed E-state index contributed by atoms with van der Waals surface area (Å²) in [6.07, 6.45) is 19.0. The van der Waals surface area contributed by atoms with Crippen molar-refractivity contribution in [3.63, 3.8) is 0 Å². The summed E-state index contributed by atoms with van der Waals surface area (Å²) < 4.78 is 4.95. The van der Waals surface area contributed by atoms with Gasteiger partial charge >= 0.3 is 0 Å². The maximum atomic E-state index is 8.78. The second-order valence-electron chi connectivity index (χ2n) is 5.73. The van der Waals surface area contributed by atoms with Gasteiger partial charge in [0.1, 0.15) is 0 Å². The molecule has 0 aliphatic carbocycles. The number of nitrogens with two attached hydrogens (primary N) is 1. The van der Waals surface area contributed by atoms with Crippen molar-refractivity contribution in [2.75, 3.05) is 6.61 Å². The van der Waals surface area contributed by atoms with Crippen molar-refractivity contribution in [3.05, 3.63) is 0 Å². The summed E-state index contributed by atoms with van der Waals surface area (Å²) in [6, 6.07) is 0. The first-order chi connectivity index (χ1) is 9.77. The zero-order chi connectivity index (χ0) is 14.9. The lowest BCUT2D eigenvalue weighted by molar-refractivity contribution is 0.298. The standard InChI is InChI=1S/C16H36NO2P/c1-2-3-4-5-6-7-8-9-10-11-12-13-14-15-16-19-20(17)18/h18H,2-17H2,1H3. The normalized spacial score (nSPS) is 12.8. The molecule has 1 atom stereocenters. The lowest BCUT2D eigenvalue weighted by Crippen LogP contribution is -1.95. The average Bonchev–Trinajstić information content (AvgIpc) is 2.43. The molecule has 0 amide bonds. The Kier molecular flexibility index (Phi) is 17.6. The predicted octanol–water partition coefficient (Wildman–Crippen LogP) is 5.66. The maximum absolute atomic E-state index is 8.78. The highest BCUT2D eigenvalue weighted by atomic mass is 31.2. The van der Waals surface area contributed by atoms with Crippen LogP contribution in [0.25, 0.3) is 0 Å². The molecule has 0 aromatic heterocycles. The first-order valence-electron chi connectivity index (χ1n) is 8.64. The Morgan fingerprint density at radius 2 is 1.05 bits per heavy atom. The van der Waals surface area contributed by atoms with Gasteiger partial charge in [-0.2, -0.15) is 0 Å². The molecule has 0 aromatic rings. The van der Waals surface area contributed by atoms with Gasteiger partial charge in [-0.15, -0.1) is 0 Å². The van der Waals surface area contributed by atoms with Crippen LogP contribution in [0.3, 0.4) is 0 Å². The molecule has 0 aromatic carbocycles. The molecular formula is C16H36NO2P. The van der Waals surface area contributed by atoms with Crippen LogP contribution in [0.5, 0.6) is 0 Å². The zero-order valence-corrected chi connectivity index (χ0v) is 14.4. The van der Waals surface area contributed by atoms with Crippen LogP contribution < -0.4 is 5.50 Å². The van der Waals surface area contributed by atoms with Gasteiger partial charge in [-0.05, 0) is 6.42 Å². The second-order valence-corrected chi connectivity index (χ2v) is 6.60. The molecule has 20 heavy (non-hydrogen) atoms. The summed E-state index contributed by atoms with van der Waals surface area (Å²) in [4.78, 5) is 8.78. The first-order valence-corrected chi connectivity index (χ1v) is 9.92. The molecule has 0 radical (unpaired) electrons. The minimum Gasteiger partial charge on any atom is -0.338 e.